The van der Waals surface area contributed by atoms with Crippen molar-refractivity contribution in [2.45, 2.75) is 38.6 Å². The van der Waals surface area contributed by atoms with Crippen molar-refractivity contribution < 1.29 is 48.0 Å². The first-order chi connectivity index (χ1) is 20.2. The molecule has 0 aliphatic carbocycles. The summed E-state index contributed by atoms with van der Waals surface area (Å²) in [4.78, 5) is 115. The summed E-state index contributed by atoms with van der Waals surface area (Å²) in [7, 11) is 0. The molecule has 2 fully saturated rings. The van der Waals surface area contributed by atoms with Crippen LogP contribution in [0.3, 0.4) is 0 Å². The van der Waals surface area contributed by atoms with Crippen LogP contribution >= 0.6 is 0 Å². The van der Waals surface area contributed by atoms with Gasteiger partial charge in [-0.1, -0.05) is 36.4 Å². The van der Waals surface area contributed by atoms with Gasteiger partial charge in [-0.25, -0.2) is 14.5 Å². The molecule has 0 spiro atoms. The van der Waals surface area contributed by atoms with Gasteiger partial charge in [0.1, 0.15) is 11.4 Å². The Bertz CT molecular complexity index is 1650. The predicted octanol–water partition coefficient (Wildman–Crippen LogP) is 2.39. The summed E-state index contributed by atoms with van der Waals surface area (Å²) < 4.78 is 0. The Labute approximate surface area is 236 Å². The Morgan fingerprint density at radius 2 is 1.12 bits per heavy atom. The molecule has 212 valence electrons. The standard InChI is InChI=1S/C28H20N4O10/c33-19-10-5-11-20(34)31(19)41-27(39)29-14-15-6-1-2-7-16(15)25(37)23(29)24-26(38)17-8-3-4-9-18(17)30(24)28(40)42-32-21(35)12-13-22(32)36/h1-4,6-9H,5,10-14H2/b24-23+. The van der Waals surface area contributed by atoms with E-state index in [1.165, 1.54) is 30.3 Å². The molecule has 14 nitrogen and oxygen atoms in total. The van der Waals surface area contributed by atoms with Crippen molar-refractivity contribution in [3.63, 3.8) is 0 Å². The van der Waals surface area contributed by atoms with Crippen LogP contribution in [-0.2, 0) is 35.4 Å². The van der Waals surface area contributed by atoms with Crippen LogP contribution in [0.1, 0.15) is 58.4 Å². The lowest BCUT2D eigenvalue weighted by Gasteiger charge is -2.33. The average Bonchev–Trinajstić information content (AvgIpc) is 3.45. The van der Waals surface area contributed by atoms with Gasteiger partial charge in [-0.3, -0.25) is 33.7 Å². The van der Waals surface area contributed by atoms with Gasteiger partial charge in [0.15, 0.2) is 0 Å². The number of nitrogens with zero attached hydrogens (tertiary/aromatic N) is 4. The largest absolute Gasteiger partial charge is 0.444 e. The molecule has 4 heterocycles. The zero-order chi connectivity index (χ0) is 29.7. The van der Waals surface area contributed by atoms with Crippen LogP contribution in [0, 0.1) is 0 Å². The first-order valence-electron chi connectivity index (χ1n) is 12.9. The Morgan fingerprint density at radius 3 is 1.79 bits per heavy atom. The van der Waals surface area contributed by atoms with Crippen LogP contribution in [0.15, 0.2) is 59.9 Å². The van der Waals surface area contributed by atoms with Gasteiger partial charge in [0, 0.05) is 36.8 Å². The number of fused-ring (bicyclic) bond motifs is 2. The van der Waals surface area contributed by atoms with E-state index in [1.807, 2.05) is 0 Å². The first kappa shape index (κ1) is 26.6. The molecular formula is C28H20N4O10. The number of amides is 6. The van der Waals surface area contributed by atoms with Gasteiger partial charge in [-0.05, 0) is 24.1 Å². The Hall–Kier alpha value is -5.66. The number of anilines is 1. The quantitative estimate of drug-likeness (QED) is 0.385. The number of benzene rings is 2. The second kappa shape index (κ2) is 10.1. The Balaban J connectivity index is 1.48. The minimum absolute atomic E-state index is 0.0302. The van der Waals surface area contributed by atoms with E-state index in [9.17, 15) is 38.4 Å². The highest BCUT2D eigenvalue weighted by Crippen LogP contribution is 2.40. The SMILES string of the molecule is O=C1/C(=C2/C(=O)c3ccccc3N2C(=O)ON2C(=O)CCC2=O)N(C(=O)ON2C(=O)CCCC2=O)Cc2ccccc21. The number of hydrogen-bond donors (Lipinski definition) is 0. The maximum Gasteiger partial charge on any atom is 0.444 e. The van der Waals surface area contributed by atoms with Crippen LogP contribution in [-0.4, -0.2) is 62.4 Å². The fraction of sp³-hybridized carbons (Fsp3) is 0.214. The van der Waals surface area contributed by atoms with Gasteiger partial charge < -0.3 is 9.68 Å². The highest BCUT2D eigenvalue weighted by Gasteiger charge is 2.47. The van der Waals surface area contributed by atoms with E-state index in [1.54, 1.807) is 18.2 Å². The minimum atomic E-state index is -1.36. The van der Waals surface area contributed by atoms with Crippen molar-refractivity contribution in [3.05, 3.63) is 76.6 Å². The lowest BCUT2D eigenvalue weighted by Crippen LogP contribution is -2.48. The third kappa shape index (κ3) is 4.20. The van der Waals surface area contributed by atoms with E-state index in [4.69, 9.17) is 9.68 Å². The summed E-state index contributed by atoms with van der Waals surface area (Å²) in [6.07, 6.45) is -2.86. The molecule has 14 heteroatoms. The van der Waals surface area contributed by atoms with E-state index in [2.05, 4.69) is 0 Å². The number of para-hydroxylation sites is 1. The minimum Gasteiger partial charge on any atom is -0.310 e. The van der Waals surface area contributed by atoms with Crippen LogP contribution in [0.2, 0.25) is 0 Å². The second-order valence-electron chi connectivity index (χ2n) is 9.68. The van der Waals surface area contributed by atoms with Crippen molar-refractivity contribution >= 4 is 53.1 Å². The summed E-state index contributed by atoms with van der Waals surface area (Å²) in [5.74, 6) is -4.74. The smallest absolute Gasteiger partial charge is 0.310 e. The summed E-state index contributed by atoms with van der Waals surface area (Å²) in [6, 6.07) is 12.0. The molecule has 4 aliphatic heterocycles. The van der Waals surface area contributed by atoms with Crippen LogP contribution in [0.5, 0.6) is 0 Å². The van der Waals surface area contributed by atoms with E-state index < -0.39 is 58.8 Å². The van der Waals surface area contributed by atoms with Crippen LogP contribution < -0.4 is 4.90 Å². The molecule has 6 rings (SSSR count). The summed E-state index contributed by atoms with van der Waals surface area (Å²) in [5.41, 5.74) is -0.768. The predicted molar refractivity (Wildman–Crippen MR) is 136 cm³/mol. The number of Topliss-reactive ketones (excluding diaryl/α,β-unsaturated/α-hetero) is 2. The fourth-order valence-electron chi connectivity index (χ4n) is 5.12. The molecule has 0 radical (unpaired) electrons. The molecule has 0 aromatic heterocycles. The molecule has 0 bridgehead atoms. The zero-order valence-corrected chi connectivity index (χ0v) is 21.7. The van der Waals surface area contributed by atoms with Crippen LogP contribution in [0.25, 0.3) is 0 Å². The molecular weight excluding hydrogens is 552 g/mol. The van der Waals surface area contributed by atoms with Crippen LogP contribution in [0.4, 0.5) is 15.3 Å². The lowest BCUT2D eigenvalue weighted by molar-refractivity contribution is -0.184. The number of imide groups is 2. The molecule has 0 unspecified atom stereocenters. The number of carbonyl (C=O) groups excluding carboxylic acids is 8. The number of hydrogen-bond acceptors (Lipinski definition) is 10. The highest BCUT2D eigenvalue weighted by molar-refractivity contribution is 6.29. The molecule has 42 heavy (non-hydrogen) atoms. The normalized spacial score (nSPS) is 20.3. The van der Waals surface area contributed by atoms with Crippen molar-refractivity contribution in [1.29, 1.82) is 0 Å². The number of piperidine rings is 1. The number of rotatable bonds is 2. The average molecular weight is 572 g/mol. The van der Waals surface area contributed by atoms with E-state index in [-0.39, 0.29) is 60.5 Å². The zero-order valence-electron chi connectivity index (χ0n) is 21.7. The maximum atomic E-state index is 13.9. The Kier molecular flexibility index (Phi) is 6.37. The first-order valence-corrected chi connectivity index (χ1v) is 12.9. The van der Waals surface area contributed by atoms with Crippen molar-refractivity contribution in [1.82, 2.24) is 15.0 Å². The van der Waals surface area contributed by atoms with E-state index in [0.717, 1.165) is 4.90 Å². The van der Waals surface area contributed by atoms with E-state index >= 15 is 0 Å². The third-order valence-electron chi connectivity index (χ3n) is 7.11. The molecule has 0 saturated carbocycles. The van der Waals surface area contributed by atoms with Gasteiger partial charge in [-0.15, -0.1) is 10.1 Å². The maximum absolute atomic E-state index is 13.9. The van der Waals surface area contributed by atoms with E-state index in [0.29, 0.717) is 15.5 Å². The molecule has 6 amide bonds. The van der Waals surface area contributed by atoms with Gasteiger partial charge in [0.2, 0.25) is 11.6 Å². The van der Waals surface area contributed by atoms with Gasteiger partial charge in [-0.2, -0.15) is 0 Å². The topological polar surface area (TPSA) is 168 Å². The molecule has 2 saturated heterocycles. The number of allylic oxidation sites excluding steroid dienone is 2. The molecule has 4 aliphatic rings. The van der Waals surface area contributed by atoms with Gasteiger partial charge >= 0.3 is 12.2 Å². The summed E-state index contributed by atoms with van der Waals surface area (Å²) in [5, 5.41) is 0.606. The van der Waals surface area contributed by atoms with Gasteiger partial charge in [0.25, 0.3) is 23.6 Å². The monoisotopic (exact) mass is 572 g/mol. The molecule has 0 atom stereocenters. The number of hydroxylamine groups is 4. The summed E-state index contributed by atoms with van der Waals surface area (Å²) in [6.45, 7) is -0.328. The lowest BCUT2D eigenvalue weighted by atomic mass is 9.94. The van der Waals surface area contributed by atoms with Crippen molar-refractivity contribution in [2.24, 2.45) is 0 Å². The number of carbonyl (C=O) groups is 8. The van der Waals surface area contributed by atoms with Gasteiger partial charge in [0.05, 0.1) is 12.2 Å². The molecule has 2 aromatic rings. The summed E-state index contributed by atoms with van der Waals surface area (Å²) >= 11 is 0. The van der Waals surface area contributed by atoms with Crippen molar-refractivity contribution in [3.8, 4) is 0 Å². The highest BCUT2D eigenvalue weighted by atomic mass is 16.7. The van der Waals surface area contributed by atoms with Crippen molar-refractivity contribution in [2.75, 3.05) is 4.90 Å². The second-order valence-corrected chi connectivity index (χ2v) is 9.68. The third-order valence-corrected chi connectivity index (χ3v) is 7.11. The Morgan fingerprint density at radius 1 is 0.595 bits per heavy atom. The molecule has 2 aromatic carbocycles. The molecule has 0 N–H and O–H groups in total. The number of ketones is 2. The fourth-order valence-corrected chi connectivity index (χ4v) is 5.12.